The Balaban J connectivity index is 1.56. The van der Waals surface area contributed by atoms with Crippen LogP contribution in [0.25, 0.3) is 11.1 Å². The van der Waals surface area contributed by atoms with Gasteiger partial charge in [0.05, 0.1) is 0 Å². The minimum atomic E-state index is -0.501. The Bertz CT molecular complexity index is 586. The monoisotopic (exact) mass is 331 g/mol. The van der Waals surface area contributed by atoms with Gasteiger partial charge in [0.15, 0.2) is 8.11 Å². The molecule has 3 rings (SSSR count). The molecule has 0 unspecified atom stereocenters. The third-order valence-electron chi connectivity index (χ3n) is 4.62. The lowest BCUT2D eigenvalue weighted by Crippen LogP contribution is -2.16. The Morgan fingerprint density at radius 3 is 2.05 bits per heavy atom. The van der Waals surface area contributed by atoms with Gasteiger partial charge in [-0.15, -0.1) is 0 Å². The highest BCUT2D eigenvalue weighted by molar-refractivity contribution is 7.07. The number of hydrogen-bond acceptors (Lipinski definition) is 0. The van der Waals surface area contributed by atoms with Crippen molar-refractivity contribution in [1.29, 1.82) is 0 Å². The van der Waals surface area contributed by atoms with Gasteiger partial charge < -0.3 is 0 Å². The molecule has 1 fully saturated rings. The first-order valence-corrected chi connectivity index (χ1v) is 11.0. The van der Waals surface area contributed by atoms with Crippen LogP contribution in [0.15, 0.2) is 48.5 Å². The van der Waals surface area contributed by atoms with E-state index in [1.54, 1.807) is 0 Å². The van der Waals surface area contributed by atoms with E-state index in [1.807, 2.05) is 12.1 Å². The van der Waals surface area contributed by atoms with Gasteiger partial charge in [-0.1, -0.05) is 49.2 Å². The van der Waals surface area contributed by atoms with Gasteiger partial charge in [-0.2, -0.15) is 11.1 Å². The Morgan fingerprint density at radius 1 is 0.909 bits per heavy atom. The van der Waals surface area contributed by atoms with Crippen molar-refractivity contribution in [2.45, 2.75) is 37.8 Å². The van der Waals surface area contributed by atoms with Crippen LogP contribution in [-0.4, -0.2) is 8.11 Å². The molecule has 1 radical (unpaired) electrons. The molecule has 22 heavy (non-hydrogen) atoms. The zero-order chi connectivity index (χ0) is 15.4. The zero-order valence-electron chi connectivity index (χ0n) is 12.7. The maximum atomic E-state index is 13.0. The highest BCUT2D eigenvalue weighted by atomic mass is 35.6. The van der Waals surface area contributed by atoms with E-state index in [2.05, 4.69) is 24.3 Å². The molecule has 0 N–H and O–H groups in total. The van der Waals surface area contributed by atoms with Crippen LogP contribution in [-0.2, 0) is 6.42 Å². The SMILES string of the molecule is Fc1ccc(-c2ccc(CCC3CC[Si](Cl)CC3)cc2)cc1. The molecule has 0 atom stereocenters. The Hall–Kier alpha value is -1.12. The van der Waals surface area contributed by atoms with E-state index in [9.17, 15) is 4.39 Å². The average Bonchev–Trinajstić information content (AvgIpc) is 2.56. The van der Waals surface area contributed by atoms with Crippen LogP contribution in [0.2, 0.25) is 12.1 Å². The van der Waals surface area contributed by atoms with Crippen LogP contribution in [0.1, 0.15) is 24.8 Å². The molecule has 0 amide bonds. The van der Waals surface area contributed by atoms with Gasteiger partial charge in [-0.05, 0) is 59.7 Å². The summed E-state index contributed by atoms with van der Waals surface area (Å²) in [6, 6.07) is 17.9. The second-order valence-corrected chi connectivity index (χ2v) is 9.84. The van der Waals surface area contributed by atoms with Gasteiger partial charge in [0, 0.05) is 0 Å². The minimum absolute atomic E-state index is 0.186. The van der Waals surface area contributed by atoms with Crippen LogP contribution >= 0.6 is 11.1 Å². The molecule has 1 saturated heterocycles. The molecule has 1 heterocycles. The fourth-order valence-electron chi connectivity index (χ4n) is 3.16. The van der Waals surface area contributed by atoms with Crippen molar-refractivity contribution >= 4 is 19.2 Å². The summed E-state index contributed by atoms with van der Waals surface area (Å²) in [5.41, 5.74) is 3.61. The molecule has 0 spiro atoms. The van der Waals surface area contributed by atoms with Crippen molar-refractivity contribution in [2.24, 2.45) is 5.92 Å². The molecule has 0 saturated carbocycles. The molecule has 0 nitrogen and oxygen atoms in total. The van der Waals surface area contributed by atoms with Crippen molar-refractivity contribution in [3.8, 4) is 11.1 Å². The van der Waals surface area contributed by atoms with Gasteiger partial charge in [0.25, 0.3) is 0 Å². The molecular weight excluding hydrogens is 311 g/mol. The number of benzene rings is 2. The van der Waals surface area contributed by atoms with E-state index in [-0.39, 0.29) is 5.82 Å². The highest BCUT2D eigenvalue weighted by Gasteiger charge is 2.20. The normalized spacial score (nSPS) is 16.8. The second kappa shape index (κ2) is 7.43. The second-order valence-electron chi connectivity index (χ2n) is 6.20. The quantitative estimate of drug-likeness (QED) is 0.471. The molecule has 3 heteroatoms. The van der Waals surface area contributed by atoms with Crippen molar-refractivity contribution < 1.29 is 4.39 Å². The maximum absolute atomic E-state index is 13.0. The first kappa shape index (κ1) is 15.8. The fraction of sp³-hybridized carbons (Fsp3) is 0.368. The summed E-state index contributed by atoms with van der Waals surface area (Å²) in [5, 5.41) is 0. The Labute approximate surface area is 138 Å². The first-order valence-electron chi connectivity index (χ1n) is 8.06. The van der Waals surface area contributed by atoms with Crippen molar-refractivity contribution in [2.75, 3.05) is 0 Å². The summed E-state index contributed by atoms with van der Waals surface area (Å²) in [7, 11) is -0.501. The third kappa shape index (κ3) is 4.20. The zero-order valence-corrected chi connectivity index (χ0v) is 14.5. The van der Waals surface area contributed by atoms with E-state index in [1.165, 1.54) is 49.0 Å². The summed E-state index contributed by atoms with van der Waals surface area (Å²) >= 11 is 6.26. The van der Waals surface area contributed by atoms with Gasteiger partial charge in [-0.3, -0.25) is 0 Å². The van der Waals surface area contributed by atoms with Crippen molar-refractivity contribution in [1.82, 2.24) is 0 Å². The minimum Gasteiger partial charge on any atom is -0.207 e. The standard InChI is InChI=1S/C19H21ClFSi/c20-22-13-11-16(12-14-22)2-1-15-3-5-17(6-4-15)18-7-9-19(21)10-8-18/h3-10,16H,1-2,11-14H2. The average molecular weight is 332 g/mol. The molecular formula is C19H21ClFSi. The smallest absolute Gasteiger partial charge is 0.165 e. The van der Waals surface area contributed by atoms with Gasteiger partial charge in [-0.25, -0.2) is 4.39 Å². The van der Waals surface area contributed by atoms with Crippen LogP contribution in [0.4, 0.5) is 4.39 Å². The van der Waals surface area contributed by atoms with Gasteiger partial charge >= 0.3 is 0 Å². The molecule has 2 aromatic carbocycles. The van der Waals surface area contributed by atoms with E-state index in [4.69, 9.17) is 11.1 Å². The summed E-state index contributed by atoms with van der Waals surface area (Å²) in [5.74, 6) is 0.679. The molecule has 0 aliphatic carbocycles. The Morgan fingerprint density at radius 2 is 1.45 bits per heavy atom. The predicted octanol–water partition coefficient (Wildman–Crippen LogP) is 6.07. The number of halogens is 2. The molecule has 0 aromatic heterocycles. The summed E-state index contributed by atoms with van der Waals surface area (Å²) < 4.78 is 13.0. The van der Waals surface area contributed by atoms with Crippen molar-refractivity contribution in [3.63, 3.8) is 0 Å². The van der Waals surface area contributed by atoms with Gasteiger partial charge in [0.1, 0.15) is 5.82 Å². The number of rotatable bonds is 4. The highest BCUT2D eigenvalue weighted by Crippen LogP contribution is 2.30. The van der Waals surface area contributed by atoms with E-state index in [0.717, 1.165) is 23.5 Å². The first-order chi connectivity index (χ1) is 10.7. The Kier molecular flexibility index (Phi) is 5.32. The molecule has 1 aliphatic rings. The largest absolute Gasteiger partial charge is 0.207 e. The summed E-state index contributed by atoms with van der Waals surface area (Å²) in [6.45, 7) is 0. The molecule has 1 aliphatic heterocycles. The number of hydrogen-bond donors (Lipinski definition) is 0. The fourth-order valence-corrected chi connectivity index (χ4v) is 5.50. The van der Waals surface area contributed by atoms with Gasteiger partial charge in [0.2, 0.25) is 0 Å². The summed E-state index contributed by atoms with van der Waals surface area (Å²) in [6.07, 6.45) is 5.08. The van der Waals surface area contributed by atoms with Crippen LogP contribution < -0.4 is 0 Å². The third-order valence-corrected chi connectivity index (χ3v) is 7.42. The van der Waals surface area contributed by atoms with E-state index >= 15 is 0 Å². The summed E-state index contributed by atoms with van der Waals surface area (Å²) in [4.78, 5) is 0. The lowest BCUT2D eigenvalue weighted by atomic mass is 9.93. The van der Waals surface area contributed by atoms with Crippen LogP contribution in [0.5, 0.6) is 0 Å². The molecule has 0 bridgehead atoms. The van der Waals surface area contributed by atoms with Crippen LogP contribution in [0, 0.1) is 11.7 Å². The van der Waals surface area contributed by atoms with Crippen LogP contribution in [0.3, 0.4) is 0 Å². The topological polar surface area (TPSA) is 0 Å². The molecule has 2 aromatic rings. The number of aryl methyl sites for hydroxylation is 1. The predicted molar refractivity (Wildman–Crippen MR) is 94.1 cm³/mol. The lowest BCUT2D eigenvalue weighted by Gasteiger charge is -2.23. The van der Waals surface area contributed by atoms with Crippen molar-refractivity contribution in [3.05, 3.63) is 59.9 Å². The van der Waals surface area contributed by atoms with E-state index < -0.39 is 8.11 Å². The molecule has 115 valence electrons. The lowest BCUT2D eigenvalue weighted by molar-refractivity contribution is 0.440. The maximum Gasteiger partial charge on any atom is 0.165 e. The van der Waals surface area contributed by atoms with E-state index in [0.29, 0.717) is 0 Å².